The number of methoxy groups -OCH3 is 1. The van der Waals surface area contributed by atoms with Gasteiger partial charge >= 0.3 is 0 Å². The summed E-state index contributed by atoms with van der Waals surface area (Å²) in [6.45, 7) is 4.54. The largest absolute Gasteiger partial charge is 0.383 e. The van der Waals surface area contributed by atoms with Gasteiger partial charge in [0.15, 0.2) is 0 Å². The van der Waals surface area contributed by atoms with Crippen molar-refractivity contribution < 1.29 is 14.3 Å². The predicted molar refractivity (Wildman–Crippen MR) is 104 cm³/mol. The number of rotatable bonds is 7. The number of ether oxygens (including phenoxy) is 1. The van der Waals surface area contributed by atoms with E-state index in [4.69, 9.17) is 16.3 Å². The summed E-state index contributed by atoms with van der Waals surface area (Å²) in [4.78, 5) is 26.7. The van der Waals surface area contributed by atoms with Gasteiger partial charge in [-0.2, -0.15) is 0 Å². The van der Waals surface area contributed by atoms with Gasteiger partial charge < -0.3 is 15.0 Å². The second-order valence-electron chi connectivity index (χ2n) is 6.02. The Morgan fingerprint density at radius 1 is 1.12 bits per heavy atom. The van der Waals surface area contributed by atoms with Gasteiger partial charge in [-0.1, -0.05) is 23.7 Å². The van der Waals surface area contributed by atoms with Crippen LogP contribution in [0.5, 0.6) is 0 Å². The van der Waals surface area contributed by atoms with Crippen LogP contribution in [0, 0.1) is 13.8 Å². The van der Waals surface area contributed by atoms with Crippen LogP contribution in [-0.2, 0) is 9.53 Å². The average molecular weight is 375 g/mol. The number of hydrogen-bond acceptors (Lipinski definition) is 3. The monoisotopic (exact) mass is 374 g/mol. The molecule has 0 unspecified atom stereocenters. The molecule has 0 bridgehead atoms. The highest BCUT2D eigenvalue weighted by Crippen LogP contribution is 2.18. The summed E-state index contributed by atoms with van der Waals surface area (Å²) in [5.41, 5.74) is 3.33. The highest BCUT2D eigenvalue weighted by molar-refractivity contribution is 6.30. The molecule has 2 aromatic carbocycles. The third kappa shape index (κ3) is 5.31. The molecule has 0 aliphatic rings. The lowest BCUT2D eigenvalue weighted by Crippen LogP contribution is -2.40. The normalized spacial score (nSPS) is 10.5. The van der Waals surface area contributed by atoms with E-state index in [1.54, 1.807) is 31.4 Å². The molecule has 0 radical (unpaired) electrons. The third-order valence-electron chi connectivity index (χ3n) is 4.16. The molecule has 0 saturated carbocycles. The smallest absolute Gasteiger partial charge is 0.254 e. The van der Waals surface area contributed by atoms with Gasteiger partial charge in [-0.25, -0.2) is 0 Å². The van der Waals surface area contributed by atoms with Gasteiger partial charge in [0.05, 0.1) is 6.61 Å². The topological polar surface area (TPSA) is 58.6 Å². The Bertz CT molecular complexity index is 775. The van der Waals surface area contributed by atoms with Gasteiger partial charge in [0.25, 0.3) is 5.91 Å². The molecule has 26 heavy (non-hydrogen) atoms. The van der Waals surface area contributed by atoms with Crippen LogP contribution in [0.4, 0.5) is 5.69 Å². The van der Waals surface area contributed by atoms with Crippen molar-refractivity contribution in [2.45, 2.75) is 13.8 Å². The van der Waals surface area contributed by atoms with Crippen molar-refractivity contribution in [3.8, 4) is 0 Å². The third-order valence-corrected chi connectivity index (χ3v) is 4.41. The summed E-state index contributed by atoms with van der Waals surface area (Å²) in [6, 6.07) is 12.3. The van der Waals surface area contributed by atoms with E-state index in [9.17, 15) is 9.59 Å². The number of carbonyl (C=O) groups excluding carboxylic acids is 2. The number of halogens is 1. The van der Waals surface area contributed by atoms with Crippen LogP contribution in [0.15, 0.2) is 42.5 Å². The maximum atomic E-state index is 12.7. The molecule has 5 nitrogen and oxygen atoms in total. The lowest BCUT2D eigenvalue weighted by molar-refractivity contribution is -0.117. The SMILES string of the molecule is COCCN(CC(=O)Nc1cccc(C)c1C)C(=O)c1ccc(Cl)cc1. The molecule has 1 N–H and O–H groups in total. The van der Waals surface area contributed by atoms with E-state index >= 15 is 0 Å². The standard InChI is InChI=1S/C20H23ClN2O3/c1-14-5-4-6-18(15(14)2)22-19(24)13-23(11-12-26-3)20(25)16-7-9-17(21)10-8-16/h4-10H,11-13H2,1-3H3,(H,22,24). The number of nitrogens with zero attached hydrogens (tertiary/aromatic N) is 1. The van der Waals surface area contributed by atoms with E-state index in [2.05, 4.69) is 5.32 Å². The minimum atomic E-state index is -0.253. The van der Waals surface area contributed by atoms with Crippen molar-refractivity contribution in [1.82, 2.24) is 4.90 Å². The average Bonchev–Trinajstić information content (AvgIpc) is 2.62. The minimum absolute atomic E-state index is 0.0573. The molecule has 2 amide bonds. The molecule has 2 rings (SSSR count). The molecule has 0 fully saturated rings. The Kier molecular flexibility index (Phi) is 7.18. The second-order valence-corrected chi connectivity index (χ2v) is 6.46. The molecule has 0 heterocycles. The molecule has 138 valence electrons. The van der Waals surface area contributed by atoms with Crippen molar-refractivity contribution in [2.24, 2.45) is 0 Å². The zero-order chi connectivity index (χ0) is 19.1. The molecule has 0 aliphatic carbocycles. The molecule has 0 aliphatic heterocycles. The summed E-state index contributed by atoms with van der Waals surface area (Å²) in [6.07, 6.45) is 0. The van der Waals surface area contributed by atoms with Crippen LogP contribution in [0.25, 0.3) is 0 Å². The Labute approximate surface area is 158 Å². The fraction of sp³-hybridized carbons (Fsp3) is 0.300. The minimum Gasteiger partial charge on any atom is -0.383 e. The molecular formula is C20H23ClN2O3. The zero-order valence-electron chi connectivity index (χ0n) is 15.2. The number of aryl methyl sites for hydroxylation is 1. The van der Waals surface area contributed by atoms with Gasteiger partial charge in [0, 0.05) is 29.9 Å². The fourth-order valence-corrected chi connectivity index (χ4v) is 2.60. The van der Waals surface area contributed by atoms with E-state index in [1.165, 1.54) is 4.90 Å². The highest BCUT2D eigenvalue weighted by atomic mass is 35.5. The van der Waals surface area contributed by atoms with Gasteiger partial charge in [-0.3, -0.25) is 9.59 Å². The predicted octanol–water partition coefficient (Wildman–Crippen LogP) is 3.68. The first-order valence-electron chi connectivity index (χ1n) is 8.32. The summed E-state index contributed by atoms with van der Waals surface area (Å²) in [5.74, 6) is -0.494. The molecule has 2 aromatic rings. The molecule has 0 aromatic heterocycles. The quantitative estimate of drug-likeness (QED) is 0.804. The summed E-state index contributed by atoms with van der Waals surface area (Å²) < 4.78 is 5.07. The van der Waals surface area contributed by atoms with Crippen molar-refractivity contribution in [3.63, 3.8) is 0 Å². The zero-order valence-corrected chi connectivity index (χ0v) is 16.0. The first-order chi connectivity index (χ1) is 12.4. The first-order valence-corrected chi connectivity index (χ1v) is 8.70. The van der Waals surface area contributed by atoms with Crippen molar-refractivity contribution >= 4 is 29.1 Å². The Balaban J connectivity index is 2.11. The number of amides is 2. The molecule has 0 saturated heterocycles. The van der Waals surface area contributed by atoms with E-state index in [0.717, 1.165) is 16.8 Å². The Hall–Kier alpha value is -2.37. The summed E-state index contributed by atoms with van der Waals surface area (Å²) in [5, 5.41) is 3.43. The second kappa shape index (κ2) is 9.36. The molecule has 6 heteroatoms. The van der Waals surface area contributed by atoms with Crippen molar-refractivity contribution in [1.29, 1.82) is 0 Å². The van der Waals surface area contributed by atoms with Crippen LogP contribution in [0.3, 0.4) is 0 Å². The van der Waals surface area contributed by atoms with E-state index in [1.807, 2.05) is 32.0 Å². The number of hydrogen-bond donors (Lipinski definition) is 1. The first kappa shape index (κ1) is 19.9. The molecule has 0 spiro atoms. The van der Waals surface area contributed by atoms with E-state index in [-0.39, 0.29) is 18.4 Å². The summed E-state index contributed by atoms with van der Waals surface area (Å²) >= 11 is 5.87. The van der Waals surface area contributed by atoms with Gasteiger partial charge in [-0.15, -0.1) is 0 Å². The number of benzene rings is 2. The summed E-state index contributed by atoms with van der Waals surface area (Å²) in [7, 11) is 1.56. The number of carbonyl (C=O) groups is 2. The number of anilines is 1. The van der Waals surface area contributed by atoms with E-state index in [0.29, 0.717) is 23.7 Å². The fourth-order valence-electron chi connectivity index (χ4n) is 2.48. The van der Waals surface area contributed by atoms with Gasteiger partial charge in [-0.05, 0) is 55.3 Å². The lowest BCUT2D eigenvalue weighted by Gasteiger charge is -2.22. The highest BCUT2D eigenvalue weighted by Gasteiger charge is 2.19. The van der Waals surface area contributed by atoms with Gasteiger partial charge in [0.2, 0.25) is 5.91 Å². The maximum absolute atomic E-state index is 12.7. The Morgan fingerprint density at radius 3 is 2.46 bits per heavy atom. The van der Waals surface area contributed by atoms with Crippen molar-refractivity contribution in [3.05, 3.63) is 64.2 Å². The van der Waals surface area contributed by atoms with Crippen LogP contribution < -0.4 is 5.32 Å². The molecular weight excluding hydrogens is 352 g/mol. The van der Waals surface area contributed by atoms with Crippen LogP contribution in [0.2, 0.25) is 5.02 Å². The lowest BCUT2D eigenvalue weighted by atomic mass is 10.1. The van der Waals surface area contributed by atoms with E-state index < -0.39 is 0 Å². The van der Waals surface area contributed by atoms with Gasteiger partial charge in [0.1, 0.15) is 6.54 Å². The Morgan fingerprint density at radius 2 is 1.81 bits per heavy atom. The molecule has 0 atom stereocenters. The maximum Gasteiger partial charge on any atom is 0.254 e. The van der Waals surface area contributed by atoms with Crippen LogP contribution in [0.1, 0.15) is 21.5 Å². The van der Waals surface area contributed by atoms with Crippen LogP contribution in [-0.4, -0.2) is 43.5 Å². The van der Waals surface area contributed by atoms with Crippen LogP contribution >= 0.6 is 11.6 Å². The number of nitrogens with one attached hydrogen (secondary N) is 1. The van der Waals surface area contributed by atoms with Crippen molar-refractivity contribution in [2.75, 3.05) is 32.1 Å².